The van der Waals surface area contributed by atoms with Crippen molar-refractivity contribution in [3.8, 4) is 5.75 Å². The van der Waals surface area contributed by atoms with E-state index in [1.807, 2.05) is 13.0 Å². The van der Waals surface area contributed by atoms with Crippen LogP contribution in [0.5, 0.6) is 5.75 Å². The average Bonchev–Trinajstić information content (AvgIpc) is 2.95. The highest BCUT2D eigenvalue weighted by atomic mass is 16.4. The lowest BCUT2D eigenvalue weighted by Gasteiger charge is -2.15. The summed E-state index contributed by atoms with van der Waals surface area (Å²) in [6, 6.07) is 3.60. The zero-order chi connectivity index (χ0) is 11.2. The number of phenolic OH excluding ortho intramolecular Hbond substituents is 1. The summed E-state index contributed by atoms with van der Waals surface area (Å²) in [6.07, 6.45) is 1.34. The van der Waals surface area contributed by atoms with Gasteiger partial charge in [-0.1, -0.05) is 12.1 Å². The Morgan fingerprint density at radius 3 is 2.40 bits per heavy atom. The molecule has 0 radical (unpaired) electrons. The molecule has 2 rings (SSSR count). The van der Waals surface area contributed by atoms with E-state index >= 15 is 0 Å². The molecule has 0 atom stereocenters. The van der Waals surface area contributed by atoms with Crippen molar-refractivity contribution in [2.24, 2.45) is 0 Å². The number of hydrogen-bond donors (Lipinski definition) is 2. The number of aromatic hydroxyl groups is 1. The highest BCUT2D eigenvalue weighted by Gasteiger charge is 2.52. The van der Waals surface area contributed by atoms with E-state index < -0.39 is 11.4 Å². The Bertz CT molecular complexity index is 431. The second kappa shape index (κ2) is 2.99. The largest absolute Gasteiger partial charge is 0.507 e. The van der Waals surface area contributed by atoms with Crippen LogP contribution in [0.4, 0.5) is 0 Å². The lowest BCUT2D eigenvalue weighted by atomic mass is 9.90. The minimum atomic E-state index is -0.783. The Hall–Kier alpha value is -1.51. The Balaban J connectivity index is 2.55. The van der Waals surface area contributed by atoms with Crippen LogP contribution < -0.4 is 0 Å². The highest BCUT2D eigenvalue weighted by molar-refractivity contribution is 5.85. The first kappa shape index (κ1) is 10.0. The van der Waals surface area contributed by atoms with E-state index in [1.165, 1.54) is 0 Å². The summed E-state index contributed by atoms with van der Waals surface area (Å²) in [5, 5.41) is 18.9. The van der Waals surface area contributed by atoms with Crippen LogP contribution in [0.3, 0.4) is 0 Å². The topological polar surface area (TPSA) is 57.5 Å². The fourth-order valence-corrected chi connectivity index (χ4v) is 2.08. The van der Waals surface area contributed by atoms with Gasteiger partial charge in [-0.2, -0.15) is 0 Å². The maximum absolute atomic E-state index is 11.2. The number of hydrogen-bond acceptors (Lipinski definition) is 2. The van der Waals surface area contributed by atoms with E-state index in [0.717, 1.165) is 11.1 Å². The van der Waals surface area contributed by atoms with Crippen LogP contribution >= 0.6 is 0 Å². The highest BCUT2D eigenvalue weighted by Crippen LogP contribution is 2.50. The molecule has 1 aliphatic rings. The summed E-state index contributed by atoms with van der Waals surface area (Å²) >= 11 is 0. The number of rotatable bonds is 2. The van der Waals surface area contributed by atoms with Gasteiger partial charge in [-0.05, 0) is 43.4 Å². The molecule has 0 unspecified atom stereocenters. The van der Waals surface area contributed by atoms with E-state index in [2.05, 4.69) is 0 Å². The van der Waals surface area contributed by atoms with Crippen molar-refractivity contribution in [2.45, 2.75) is 32.1 Å². The summed E-state index contributed by atoms with van der Waals surface area (Å²) in [7, 11) is 0. The molecule has 1 aromatic carbocycles. The Morgan fingerprint density at radius 1 is 1.33 bits per heavy atom. The van der Waals surface area contributed by atoms with Gasteiger partial charge in [0.15, 0.2) is 0 Å². The van der Waals surface area contributed by atoms with E-state index in [0.29, 0.717) is 18.4 Å². The summed E-state index contributed by atoms with van der Waals surface area (Å²) in [5.74, 6) is -0.561. The number of phenols is 1. The third-order valence-electron chi connectivity index (χ3n) is 3.31. The van der Waals surface area contributed by atoms with Crippen molar-refractivity contribution >= 4 is 5.97 Å². The maximum Gasteiger partial charge on any atom is 0.314 e. The number of aliphatic carboxylic acids is 1. The molecule has 1 aromatic rings. The summed E-state index contributed by atoms with van der Waals surface area (Å²) < 4.78 is 0. The quantitative estimate of drug-likeness (QED) is 0.779. The normalized spacial score (nSPS) is 17.5. The lowest BCUT2D eigenvalue weighted by Crippen LogP contribution is -2.20. The first-order valence-corrected chi connectivity index (χ1v) is 5.02. The zero-order valence-corrected chi connectivity index (χ0v) is 8.87. The molecule has 0 saturated heterocycles. The van der Waals surface area contributed by atoms with E-state index in [9.17, 15) is 9.90 Å². The summed E-state index contributed by atoms with van der Waals surface area (Å²) in [6.45, 7) is 3.59. The Labute approximate surface area is 88.4 Å². The van der Waals surface area contributed by atoms with Crippen molar-refractivity contribution in [1.82, 2.24) is 0 Å². The first-order valence-electron chi connectivity index (χ1n) is 5.02. The van der Waals surface area contributed by atoms with Crippen LogP contribution in [-0.2, 0) is 10.2 Å². The molecule has 1 saturated carbocycles. The van der Waals surface area contributed by atoms with Crippen LogP contribution in [0.1, 0.15) is 29.5 Å². The third kappa shape index (κ3) is 1.30. The van der Waals surface area contributed by atoms with E-state index in [-0.39, 0.29) is 5.75 Å². The van der Waals surface area contributed by atoms with Gasteiger partial charge in [0.1, 0.15) is 5.75 Å². The second-order valence-corrected chi connectivity index (χ2v) is 4.29. The van der Waals surface area contributed by atoms with Gasteiger partial charge in [0.25, 0.3) is 0 Å². The van der Waals surface area contributed by atoms with Crippen LogP contribution in [0.15, 0.2) is 12.1 Å². The fraction of sp³-hybridized carbons (Fsp3) is 0.417. The predicted octanol–water partition coefficient (Wildman–Crippen LogP) is 2.13. The number of carboxylic acid groups (broad SMARTS) is 1. The zero-order valence-electron chi connectivity index (χ0n) is 8.87. The molecule has 15 heavy (non-hydrogen) atoms. The third-order valence-corrected chi connectivity index (χ3v) is 3.31. The molecule has 1 aliphatic carbocycles. The van der Waals surface area contributed by atoms with Gasteiger partial charge >= 0.3 is 5.97 Å². The van der Waals surface area contributed by atoms with Crippen molar-refractivity contribution in [3.05, 3.63) is 28.8 Å². The van der Waals surface area contributed by atoms with Crippen molar-refractivity contribution < 1.29 is 15.0 Å². The maximum atomic E-state index is 11.2. The van der Waals surface area contributed by atoms with E-state index in [1.54, 1.807) is 13.0 Å². The molecule has 0 heterocycles. The van der Waals surface area contributed by atoms with Crippen LogP contribution in [0.2, 0.25) is 0 Å². The van der Waals surface area contributed by atoms with Crippen LogP contribution in [0, 0.1) is 13.8 Å². The SMILES string of the molecule is Cc1ccc(C2(C(=O)O)CC2)c(C)c1O. The smallest absolute Gasteiger partial charge is 0.314 e. The molecule has 3 nitrogen and oxygen atoms in total. The minimum absolute atomic E-state index is 0.222. The number of aryl methyl sites for hydroxylation is 1. The van der Waals surface area contributed by atoms with Crippen molar-refractivity contribution in [3.63, 3.8) is 0 Å². The van der Waals surface area contributed by atoms with Gasteiger partial charge in [0.05, 0.1) is 5.41 Å². The molecule has 0 aliphatic heterocycles. The molecule has 0 aromatic heterocycles. The molecular formula is C12H14O3. The molecule has 0 amide bonds. The number of carbonyl (C=O) groups is 1. The Kier molecular flexibility index (Phi) is 2.00. The lowest BCUT2D eigenvalue weighted by molar-refractivity contribution is -0.140. The summed E-state index contributed by atoms with van der Waals surface area (Å²) in [4.78, 5) is 11.2. The van der Waals surface area contributed by atoms with Gasteiger partial charge in [-0.25, -0.2) is 0 Å². The molecule has 1 fully saturated rings. The summed E-state index contributed by atoms with van der Waals surface area (Å²) in [5.41, 5.74) is 1.53. The van der Waals surface area contributed by atoms with Crippen molar-refractivity contribution in [1.29, 1.82) is 0 Å². The second-order valence-electron chi connectivity index (χ2n) is 4.29. The van der Waals surface area contributed by atoms with Gasteiger partial charge in [0, 0.05) is 0 Å². The predicted molar refractivity (Wildman–Crippen MR) is 56.1 cm³/mol. The number of benzene rings is 1. The van der Waals surface area contributed by atoms with Gasteiger partial charge in [-0.15, -0.1) is 0 Å². The molecule has 0 bridgehead atoms. The van der Waals surface area contributed by atoms with Gasteiger partial charge in [0.2, 0.25) is 0 Å². The molecule has 3 heteroatoms. The average molecular weight is 206 g/mol. The van der Waals surface area contributed by atoms with Gasteiger partial charge < -0.3 is 10.2 Å². The molecule has 2 N–H and O–H groups in total. The first-order chi connectivity index (χ1) is 6.99. The molecule has 0 spiro atoms. The fourth-order valence-electron chi connectivity index (χ4n) is 2.08. The minimum Gasteiger partial charge on any atom is -0.507 e. The standard InChI is InChI=1S/C12H14O3/c1-7-3-4-9(8(2)10(7)13)12(5-6-12)11(14)15/h3-4,13H,5-6H2,1-2H3,(H,14,15). The number of carboxylic acids is 1. The van der Waals surface area contributed by atoms with Crippen LogP contribution in [-0.4, -0.2) is 16.2 Å². The molecular weight excluding hydrogens is 192 g/mol. The van der Waals surface area contributed by atoms with Gasteiger partial charge in [-0.3, -0.25) is 4.79 Å². The van der Waals surface area contributed by atoms with Crippen LogP contribution in [0.25, 0.3) is 0 Å². The van der Waals surface area contributed by atoms with Crippen molar-refractivity contribution in [2.75, 3.05) is 0 Å². The molecule has 80 valence electrons. The Morgan fingerprint density at radius 2 is 1.93 bits per heavy atom. The monoisotopic (exact) mass is 206 g/mol. The van der Waals surface area contributed by atoms with E-state index in [4.69, 9.17) is 5.11 Å².